The highest BCUT2D eigenvalue weighted by atomic mass is 16.5. The number of carbonyl (C=O) groups is 1. The van der Waals surface area contributed by atoms with Crippen LogP contribution in [0, 0.1) is 25.2 Å². The van der Waals surface area contributed by atoms with Crippen LogP contribution in [-0.2, 0) is 4.79 Å². The van der Waals surface area contributed by atoms with Crippen molar-refractivity contribution in [3.05, 3.63) is 87.9 Å². The Hall–Kier alpha value is -4.18. The molecule has 30 heavy (non-hydrogen) atoms. The van der Waals surface area contributed by atoms with Crippen LogP contribution in [0.15, 0.2) is 65.6 Å². The molecule has 7 nitrogen and oxygen atoms in total. The van der Waals surface area contributed by atoms with E-state index in [-0.39, 0.29) is 23.6 Å². The third kappa shape index (κ3) is 4.28. The van der Waals surface area contributed by atoms with Gasteiger partial charge in [0.25, 0.3) is 11.5 Å². The molecule has 3 aromatic rings. The lowest BCUT2D eigenvalue weighted by Gasteiger charge is -2.11. The van der Waals surface area contributed by atoms with Gasteiger partial charge in [-0.05, 0) is 43.7 Å². The van der Waals surface area contributed by atoms with E-state index in [0.717, 1.165) is 11.1 Å². The third-order valence-corrected chi connectivity index (χ3v) is 4.35. The number of hydrogen-bond donors (Lipinski definition) is 1. The van der Waals surface area contributed by atoms with Crippen LogP contribution in [0.2, 0.25) is 0 Å². The molecular weight excluding hydrogens is 380 g/mol. The average molecular weight is 400 g/mol. The number of aryl methyl sites for hydroxylation is 2. The molecule has 0 aliphatic rings. The summed E-state index contributed by atoms with van der Waals surface area (Å²) in [5.74, 6) is -0.121. The Labute approximate surface area is 173 Å². The molecule has 2 aromatic heterocycles. The van der Waals surface area contributed by atoms with Gasteiger partial charge in [-0.3, -0.25) is 14.0 Å². The van der Waals surface area contributed by atoms with E-state index < -0.39 is 11.5 Å². The van der Waals surface area contributed by atoms with Crippen LogP contribution < -0.4 is 15.6 Å². The van der Waals surface area contributed by atoms with Gasteiger partial charge < -0.3 is 10.1 Å². The number of benzene rings is 1. The predicted molar refractivity (Wildman–Crippen MR) is 114 cm³/mol. The molecule has 0 fully saturated rings. The molecule has 150 valence electrons. The molecule has 2 heterocycles. The zero-order valence-electron chi connectivity index (χ0n) is 16.7. The minimum Gasteiger partial charge on any atom is -0.438 e. The standard InChI is InChI=1S/C23H20N4O3/c1-4-11-25-21(28)17(14-24)13-19-22(30-18-9-7-15(2)8-10-18)26-20-16(3)6-5-12-27(20)23(19)29/h4-10,12-13H,1,11H2,2-3H3,(H,25,28). The highest BCUT2D eigenvalue weighted by molar-refractivity contribution is 6.02. The molecule has 0 atom stereocenters. The van der Waals surface area contributed by atoms with Crippen LogP contribution in [0.1, 0.15) is 16.7 Å². The number of rotatable bonds is 6. The van der Waals surface area contributed by atoms with Gasteiger partial charge in [0.1, 0.15) is 28.6 Å². The molecule has 0 saturated carbocycles. The van der Waals surface area contributed by atoms with Crippen molar-refractivity contribution in [1.82, 2.24) is 14.7 Å². The van der Waals surface area contributed by atoms with E-state index in [4.69, 9.17) is 4.74 Å². The molecule has 0 radical (unpaired) electrons. The Morgan fingerprint density at radius 3 is 2.70 bits per heavy atom. The lowest BCUT2D eigenvalue weighted by Crippen LogP contribution is -2.25. The number of nitrogens with one attached hydrogen (secondary N) is 1. The minimum atomic E-state index is -0.618. The van der Waals surface area contributed by atoms with Crippen molar-refractivity contribution in [2.24, 2.45) is 0 Å². The van der Waals surface area contributed by atoms with Gasteiger partial charge in [-0.25, -0.2) is 0 Å². The topological polar surface area (TPSA) is 96.5 Å². The first-order valence-electron chi connectivity index (χ1n) is 9.22. The second kappa shape index (κ2) is 8.88. The van der Waals surface area contributed by atoms with E-state index in [1.165, 1.54) is 16.6 Å². The summed E-state index contributed by atoms with van der Waals surface area (Å²) in [6.45, 7) is 7.50. The quantitative estimate of drug-likeness (QED) is 0.389. The molecule has 7 heteroatoms. The van der Waals surface area contributed by atoms with Crippen molar-refractivity contribution in [1.29, 1.82) is 5.26 Å². The van der Waals surface area contributed by atoms with Crippen LogP contribution >= 0.6 is 0 Å². The summed E-state index contributed by atoms with van der Waals surface area (Å²) in [6, 6.07) is 12.6. The molecule has 0 bridgehead atoms. The first-order valence-corrected chi connectivity index (χ1v) is 9.22. The van der Waals surface area contributed by atoms with Crippen LogP contribution in [-0.4, -0.2) is 21.8 Å². The number of aromatic nitrogens is 2. The minimum absolute atomic E-state index is 0.00368. The van der Waals surface area contributed by atoms with Gasteiger partial charge in [0, 0.05) is 12.7 Å². The number of hydrogen-bond acceptors (Lipinski definition) is 5. The number of amides is 1. The third-order valence-electron chi connectivity index (χ3n) is 4.35. The highest BCUT2D eigenvalue weighted by Gasteiger charge is 2.17. The van der Waals surface area contributed by atoms with Gasteiger partial charge in [0.05, 0.1) is 0 Å². The van der Waals surface area contributed by atoms with Gasteiger partial charge >= 0.3 is 0 Å². The van der Waals surface area contributed by atoms with Gasteiger partial charge in [-0.2, -0.15) is 10.2 Å². The summed E-state index contributed by atoms with van der Waals surface area (Å²) >= 11 is 0. The van der Waals surface area contributed by atoms with Crippen molar-refractivity contribution in [2.75, 3.05) is 6.54 Å². The summed E-state index contributed by atoms with van der Waals surface area (Å²) < 4.78 is 7.25. The van der Waals surface area contributed by atoms with Gasteiger partial charge in [-0.15, -0.1) is 6.58 Å². The lowest BCUT2D eigenvalue weighted by molar-refractivity contribution is -0.116. The van der Waals surface area contributed by atoms with Crippen LogP contribution in [0.3, 0.4) is 0 Å². The van der Waals surface area contributed by atoms with Gasteiger partial charge in [-0.1, -0.05) is 29.8 Å². The Kier molecular flexibility index (Phi) is 6.08. The Balaban J connectivity index is 2.21. The Morgan fingerprint density at radius 1 is 1.30 bits per heavy atom. The van der Waals surface area contributed by atoms with E-state index in [1.54, 1.807) is 24.4 Å². The molecule has 0 spiro atoms. The van der Waals surface area contributed by atoms with Crippen molar-refractivity contribution in [2.45, 2.75) is 13.8 Å². The maximum absolute atomic E-state index is 13.2. The lowest BCUT2D eigenvalue weighted by atomic mass is 10.1. The number of fused-ring (bicyclic) bond motifs is 1. The molecule has 1 amide bonds. The zero-order valence-corrected chi connectivity index (χ0v) is 16.7. The van der Waals surface area contributed by atoms with Crippen molar-refractivity contribution in [3.63, 3.8) is 0 Å². The van der Waals surface area contributed by atoms with E-state index in [1.807, 2.05) is 38.1 Å². The molecule has 0 aliphatic heterocycles. The first kappa shape index (κ1) is 20.6. The fourth-order valence-corrected chi connectivity index (χ4v) is 2.76. The molecule has 0 aliphatic carbocycles. The molecule has 1 aromatic carbocycles. The zero-order chi connectivity index (χ0) is 21.7. The van der Waals surface area contributed by atoms with Gasteiger partial charge in [0.2, 0.25) is 5.88 Å². The van der Waals surface area contributed by atoms with Crippen molar-refractivity contribution in [3.8, 4) is 17.7 Å². The largest absolute Gasteiger partial charge is 0.438 e. The number of pyridine rings is 1. The Morgan fingerprint density at radius 2 is 2.03 bits per heavy atom. The maximum atomic E-state index is 13.2. The predicted octanol–water partition coefficient (Wildman–Crippen LogP) is 3.31. The normalized spacial score (nSPS) is 11.0. The summed E-state index contributed by atoms with van der Waals surface area (Å²) in [5, 5.41) is 12.0. The number of nitrogens with zero attached hydrogens (tertiary/aromatic N) is 3. The second-order valence-electron chi connectivity index (χ2n) is 6.60. The van der Waals surface area contributed by atoms with E-state index in [0.29, 0.717) is 11.4 Å². The average Bonchev–Trinajstić information content (AvgIpc) is 2.74. The number of ether oxygens (including phenoxy) is 1. The van der Waals surface area contributed by atoms with Crippen LogP contribution in [0.5, 0.6) is 11.6 Å². The second-order valence-corrected chi connectivity index (χ2v) is 6.60. The molecule has 1 N–H and O–H groups in total. The number of nitriles is 1. The van der Waals surface area contributed by atoms with Crippen molar-refractivity contribution >= 4 is 17.6 Å². The smallest absolute Gasteiger partial charge is 0.269 e. The summed E-state index contributed by atoms with van der Waals surface area (Å²) in [5.41, 5.74) is 1.58. The van der Waals surface area contributed by atoms with Crippen molar-refractivity contribution < 1.29 is 9.53 Å². The number of carbonyl (C=O) groups excluding carboxylic acids is 1. The van der Waals surface area contributed by atoms with Crippen LogP contribution in [0.25, 0.3) is 11.7 Å². The fraction of sp³-hybridized carbons (Fsp3) is 0.130. The fourth-order valence-electron chi connectivity index (χ4n) is 2.76. The monoisotopic (exact) mass is 400 g/mol. The molecular formula is C23H20N4O3. The maximum Gasteiger partial charge on any atom is 0.269 e. The van der Waals surface area contributed by atoms with Crippen LogP contribution in [0.4, 0.5) is 0 Å². The summed E-state index contributed by atoms with van der Waals surface area (Å²) in [7, 11) is 0. The SMILES string of the molecule is C=CCNC(=O)C(C#N)=Cc1c(Oc2ccc(C)cc2)nc2c(C)cccn2c1=O. The van der Waals surface area contributed by atoms with Gasteiger partial charge in [0.15, 0.2) is 0 Å². The summed E-state index contributed by atoms with van der Waals surface area (Å²) in [4.78, 5) is 29.9. The first-order chi connectivity index (χ1) is 14.4. The highest BCUT2D eigenvalue weighted by Crippen LogP contribution is 2.25. The van der Waals surface area contributed by atoms with E-state index in [2.05, 4.69) is 16.9 Å². The van der Waals surface area contributed by atoms with E-state index >= 15 is 0 Å². The molecule has 3 rings (SSSR count). The summed E-state index contributed by atoms with van der Waals surface area (Å²) in [6.07, 6.45) is 4.27. The van der Waals surface area contributed by atoms with E-state index in [9.17, 15) is 14.9 Å². The molecule has 0 saturated heterocycles. The molecule has 0 unspecified atom stereocenters. The Bertz CT molecular complexity index is 1250.